The van der Waals surface area contributed by atoms with Crippen LogP contribution >= 0.6 is 11.3 Å². The van der Waals surface area contributed by atoms with Crippen LogP contribution < -0.4 is 4.74 Å². The fraction of sp³-hybridized carbons (Fsp3) is 0.280. The predicted octanol–water partition coefficient (Wildman–Crippen LogP) is 4.23. The van der Waals surface area contributed by atoms with Crippen LogP contribution in [0.15, 0.2) is 60.8 Å². The third-order valence-corrected chi connectivity index (χ3v) is 6.76. The van der Waals surface area contributed by atoms with Gasteiger partial charge in [0.15, 0.2) is 11.6 Å². The molecule has 33 heavy (non-hydrogen) atoms. The predicted molar refractivity (Wildman–Crippen MR) is 127 cm³/mol. The minimum Gasteiger partial charge on any atom is -0.484 e. The smallest absolute Gasteiger partial charge is 0.260 e. The lowest BCUT2D eigenvalue weighted by Crippen LogP contribution is -2.49. The van der Waals surface area contributed by atoms with E-state index in [4.69, 9.17) is 9.72 Å². The number of amides is 1. The number of hydrogen-bond donors (Lipinski definition) is 0. The van der Waals surface area contributed by atoms with Crippen molar-refractivity contribution < 1.29 is 13.9 Å². The molecule has 6 nitrogen and oxygen atoms in total. The molecular formula is C25H25FN4O2S. The third kappa shape index (κ3) is 4.77. The monoisotopic (exact) mass is 464 g/mol. The van der Waals surface area contributed by atoms with Gasteiger partial charge in [0, 0.05) is 49.4 Å². The molecule has 1 aliphatic rings. The molecule has 170 valence electrons. The summed E-state index contributed by atoms with van der Waals surface area (Å²) in [5.74, 6) is 0.452. The van der Waals surface area contributed by atoms with Gasteiger partial charge in [-0.3, -0.25) is 14.1 Å². The Balaban J connectivity index is 1.26. The van der Waals surface area contributed by atoms with Gasteiger partial charge in [0.1, 0.15) is 11.6 Å². The van der Waals surface area contributed by atoms with Crippen LogP contribution in [0.25, 0.3) is 16.2 Å². The summed E-state index contributed by atoms with van der Waals surface area (Å²) >= 11 is 1.65. The van der Waals surface area contributed by atoms with Crippen molar-refractivity contribution in [3.8, 4) is 17.0 Å². The Hall–Kier alpha value is -3.23. The highest BCUT2D eigenvalue weighted by Gasteiger charge is 2.24. The molecule has 2 aromatic heterocycles. The fourth-order valence-electron chi connectivity index (χ4n) is 4.11. The minimum absolute atomic E-state index is 0.00528. The number of imidazole rings is 1. The Morgan fingerprint density at radius 2 is 1.79 bits per heavy atom. The molecule has 0 aliphatic carbocycles. The normalized spacial score (nSPS) is 14.7. The lowest BCUT2D eigenvalue weighted by atomic mass is 10.1. The number of piperazine rings is 1. The van der Waals surface area contributed by atoms with Crippen LogP contribution in [0.1, 0.15) is 10.6 Å². The topological polar surface area (TPSA) is 50.1 Å². The van der Waals surface area contributed by atoms with Crippen LogP contribution in [-0.4, -0.2) is 57.9 Å². The molecule has 5 rings (SSSR count). The first-order valence-corrected chi connectivity index (χ1v) is 11.8. The number of nitrogens with zero attached hydrogens (tertiary/aromatic N) is 4. The molecule has 4 aromatic rings. The maximum atomic E-state index is 13.5. The number of carbonyl (C=O) groups excluding carboxylic acids is 1. The number of rotatable bonds is 6. The van der Waals surface area contributed by atoms with Crippen LogP contribution in [-0.2, 0) is 11.3 Å². The van der Waals surface area contributed by atoms with E-state index in [1.54, 1.807) is 23.5 Å². The van der Waals surface area contributed by atoms with E-state index in [1.165, 1.54) is 17.0 Å². The summed E-state index contributed by atoms with van der Waals surface area (Å²) in [6.07, 6.45) is 2.11. The second kappa shape index (κ2) is 9.33. The summed E-state index contributed by atoms with van der Waals surface area (Å²) in [6.45, 7) is 5.71. The van der Waals surface area contributed by atoms with E-state index in [-0.39, 0.29) is 18.3 Å². The Bertz CT molecular complexity index is 1240. The van der Waals surface area contributed by atoms with Crippen molar-refractivity contribution in [3.63, 3.8) is 0 Å². The maximum absolute atomic E-state index is 13.5. The quantitative estimate of drug-likeness (QED) is 0.429. The van der Waals surface area contributed by atoms with E-state index in [2.05, 4.69) is 22.4 Å². The van der Waals surface area contributed by atoms with Crippen molar-refractivity contribution >= 4 is 22.2 Å². The Kier molecular flexibility index (Phi) is 6.11. The summed E-state index contributed by atoms with van der Waals surface area (Å²) in [7, 11) is 0. The van der Waals surface area contributed by atoms with Crippen LogP contribution in [0.2, 0.25) is 0 Å². The number of benzene rings is 2. The first-order chi connectivity index (χ1) is 16.1. The van der Waals surface area contributed by atoms with Gasteiger partial charge in [-0.1, -0.05) is 18.2 Å². The second-order valence-corrected chi connectivity index (χ2v) is 9.38. The van der Waals surface area contributed by atoms with Gasteiger partial charge >= 0.3 is 0 Å². The van der Waals surface area contributed by atoms with Crippen LogP contribution in [0.5, 0.6) is 5.75 Å². The second-order valence-electron chi connectivity index (χ2n) is 8.17. The first kappa shape index (κ1) is 21.6. The SMILES string of the molecule is Cc1cn2c(CN3CCN(C(=O)COc4ccccc4)CC3)c(-c3ccc(F)cc3)nc2s1. The molecular weight excluding hydrogens is 439 g/mol. The van der Waals surface area contributed by atoms with Crippen molar-refractivity contribution in [3.05, 3.63) is 77.2 Å². The highest BCUT2D eigenvalue weighted by Crippen LogP contribution is 2.29. The molecule has 0 spiro atoms. The molecule has 0 saturated carbocycles. The van der Waals surface area contributed by atoms with Crippen molar-refractivity contribution in [1.29, 1.82) is 0 Å². The largest absolute Gasteiger partial charge is 0.484 e. The summed E-state index contributed by atoms with van der Waals surface area (Å²) < 4.78 is 21.2. The maximum Gasteiger partial charge on any atom is 0.260 e. The average Bonchev–Trinajstić information content (AvgIpc) is 3.36. The number of aryl methyl sites for hydroxylation is 1. The zero-order valence-electron chi connectivity index (χ0n) is 18.4. The molecule has 1 aliphatic heterocycles. The van der Waals surface area contributed by atoms with E-state index in [0.717, 1.165) is 35.0 Å². The highest BCUT2D eigenvalue weighted by molar-refractivity contribution is 7.17. The number of para-hydroxylation sites is 1. The molecule has 0 radical (unpaired) electrons. The third-order valence-electron chi connectivity index (χ3n) is 5.86. The van der Waals surface area contributed by atoms with Crippen LogP contribution in [0.3, 0.4) is 0 Å². The molecule has 0 unspecified atom stereocenters. The lowest BCUT2D eigenvalue weighted by Gasteiger charge is -2.34. The van der Waals surface area contributed by atoms with E-state index < -0.39 is 0 Å². The first-order valence-electron chi connectivity index (χ1n) is 11.0. The number of halogens is 1. The van der Waals surface area contributed by atoms with Gasteiger partial charge in [-0.25, -0.2) is 9.37 Å². The van der Waals surface area contributed by atoms with Crippen molar-refractivity contribution in [2.24, 2.45) is 0 Å². The van der Waals surface area contributed by atoms with Gasteiger partial charge in [0.05, 0.1) is 11.4 Å². The standard InChI is InChI=1S/C25H25FN4O2S/c1-18-15-30-22(24(27-25(30)33-18)19-7-9-20(26)10-8-19)16-28-11-13-29(14-12-28)23(31)17-32-21-5-3-2-4-6-21/h2-10,15H,11-14,16-17H2,1H3. The van der Waals surface area contributed by atoms with Gasteiger partial charge in [-0.15, -0.1) is 11.3 Å². The van der Waals surface area contributed by atoms with E-state index in [0.29, 0.717) is 25.4 Å². The van der Waals surface area contributed by atoms with Gasteiger partial charge in [-0.2, -0.15) is 0 Å². The Morgan fingerprint density at radius 1 is 1.06 bits per heavy atom. The van der Waals surface area contributed by atoms with Crippen molar-refractivity contribution in [2.45, 2.75) is 13.5 Å². The number of thiazole rings is 1. The molecule has 1 saturated heterocycles. The number of aromatic nitrogens is 2. The number of fused-ring (bicyclic) bond motifs is 1. The van der Waals surface area contributed by atoms with E-state index in [9.17, 15) is 9.18 Å². The molecule has 8 heteroatoms. The molecule has 3 heterocycles. The number of hydrogen-bond acceptors (Lipinski definition) is 5. The highest BCUT2D eigenvalue weighted by atomic mass is 32.1. The average molecular weight is 465 g/mol. The molecule has 0 atom stereocenters. The molecule has 1 amide bonds. The summed E-state index contributed by atoms with van der Waals surface area (Å²) in [4.78, 5) is 23.8. The molecule has 0 N–H and O–H groups in total. The van der Waals surface area contributed by atoms with E-state index >= 15 is 0 Å². The summed E-state index contributed by atoms with van der Waals surface area (Å²) in [6, 6.07) is 15.9. The van der Waals surface area contributed by atoms with Crippen LogP contribution in [0, 0.1) is 12.7 Å². The van der Waals surface area contributed by atoms with Crippen molar-refractivity contribution in [2.75, 3.05) is 32.8 Å². The van der Waals surface area contributed by atoms with Gasteiger partial charge in [0.2, 0.25) is 0 Å². The summed E-state index contributed by atoms with van der Waals surface area (Å²) in [5, 5.41) is 0. The van der Waals surface area contributed by atoms with Gasteiger partial charge in [0.25, 0.3) is 5.91 Å². The fourth-order valence-corrected chi connectivity index (χ4v) is 4.96. The summed E-state index contributed by atoms with van der Waals surface area (Å²) in [5.41, 5.74) is 2.89. The zero-order valence-corrected chi connectivity index (χ0v) is 19.2. The number of ether oxygens (including phenoxy) is 1. The Morgan fingerprint density at radius 3 is 2.52 bits per heavy atom. The zero-order chi connectivity index (χ0) is 22.8. The van der Waals surface area contributed by atoms with Gasteiger partial charge in [-0.05, 0) is 43.3 Å². The lowest BCUT2D eigenvalue weighted by molar-refractivity contribution is -0.135. The van der Waals surface area contributed by atoms with Crippen molar-refractivity contribution in [1.82, 2.24) is 19.2 Å². The number of carbonyl (C=O) groups is 1. The minimum atomic E-state index is -0.255. The van der Waals surface area contributed by atoms with E-state index in [1.807, 2.05) is 35.2 Å². The molecule has 0 bridgehead atoms. The van der Waals surface area contributed by atoms with Gasteiger partial charge < -0.3 is 9.64 Å². The molecule has 2 aromatic carbocycles. The molecule has 1 fully saturated rings. The van der Waals surface area contributed by atoms with Crippen LogP contribution in [0.4, 0.5) is 4.39 Å². The Labute approximate surface area is 195 Å².